The fourth-order valence-electron chi connectivity index (χ4n) is 2.13. The molecule has 25 heavy (non-hydrogen) atoms. The second-order valence-corrected chi connectivity index (χ2v) is 12.1. The van der Waals surface area contributed by atoms with Crippen LogP contribution in [0.15, 0.2) is 36.4 Å². The number of hydrogen-bond acceptors (Lipinski definition) is 2. The van der Waals surface area contributed by atoms with E-state index >= 15 is 0 Å². The van der Waals surface area contributed by atoms with Crippen molar-refractivity contribution in [1.29, 1.82) is 0 Å². The van der Waals surface area contributed by atoms with Gasteiger partial charge in [-0.1, -0.05) is 50.2 Å². The topological polar surface area (TPSA) is 35.2 Å². The monoisotopic (exact) mass is 375 g/mol. The first-order chi connectivity index (χ1) is 11.7. The third-order valence-corrected chi connectivity index (χ3v) is 4.75. The van der Waals surface area contributed by atoms with Gasteiger partial charge in [0.15, 0.2) is 11.6 Å². The molecule has 0 amide bonds. The first-order valence-electron chi connectivity index (χ1n) is 8.26. The van der Waals surface area contributed by atoms with Crippen LogP contribution in [0.4, 0.5) is 4.39 Å². The minimum Gasteiger partial charge on any atom is -0.453 e. The van der Waals surface area contributed by atoms with Gasteiger partial charge in [0.25, 0.3) is 0 Å². The lowest BCUT2D eigenvalue weighted by Gasteiger charge is -2.15. The van der Waals surface area contributed by atoms with Crippen LogP contribution in [-0.4, -0.2) is 8.07 Å². The summed E-state index contributed by atoms with van der Waals surface area (Å²) in [5.41, 5.74) is 10.6. The molecule has 132 valence electrons. The van der Waals surface area contributed by atoms with Crippen molar-refractivity contribution >= 4 is 19.7 Å². The van der Waals surface area contributed by atoms with Crippen LogP contribution in [0.2, 0.25) is 24.7 Å². The van der Waals surface area contributed by atoms with Crippen LogP contribution in [-0.2, 0) is 0 Å². The number of halogens is 2. The van der Waals surface area contributed by atoms with Crippen molar-refractivity contribution in [3.05, 3.63) is 58.4 Å². The van der Waals surface area contributed by atoms with E-state index in [4.69, 9.17) is 22.1 Å². The van der Waals surface area contributed by atoms with E-state index in [-0.39, 0.29) is 16.8 Å². The molecule has 0 fully saturated rings. The predicted octanol–water partition coefficient (Wildman–Crippen LogP) is 5.91. The second kappa shape index (κ2) is 8.05. The van der Waals surface area contributed by atoms with Crippen molar-refractivity contribution in [2.75, 3.05) is 0 Å². The standard InChI is InChI=1S/C20H23ClFNOSi/c1-5-18(23)16-10-11-17(21)20(19(16)22)24-15-8-6-14(7-9-15)12-13-25(2,3)4/h6-11,18H,5,23H2,1-4H3. The molecule has 0 saturated carbocycles. The lowest BCUT2D eigenvalue weighted by molar-refractivity contribution is 0.434. The molecule has 1 atom stereocenters. The molecule has 2 N–H and O–H groups in total. The summed E-state index contributed by atoms with van der Waals surface area (Å²) in [4.78, 5) is 0. The van der Waals surface area contributed by atoms with Crippen LogP contribution < -0.4 is 10.5 Å². The molecular weight excluding hydrogens is 353 g/mol. The van der Waals surface area contributed by atoms with Crippen LogP contribution in [0.3, 0.4) is 0 Å². The minimum absolute atomic E-state index is 0.00370. The summed E-state index contributed by atoms with van der Waals surface area (Å²) in [6.07, 6.45) is 0.627. The smallest absolute Gasteiger partial charge is 0.181 e. The van der Waals surface area contributed by atoms with E-state index in [1.807, 2.05) is 19.1 Å². The molecule has 1 unspecified atom stereocenters. The highest BCUT2D eigenvalue weighted by molar-refractivity contribution is 6.83. The third-order valence-electron chi connectivity index (χ3n) is 3.57. The molecule has 0 spiro atoms. The third kappa shape index (κ3) is 5.33. The summed E-state index contributed by atoms with van der Waals surface area (Å²) in [6, 6.07) is 10.1. The maximum atomic E-state index is 14.7. The molecule has 0 aliphatic heterocycles. The van der Waals surface area contributed by atoms with E-state index in [1.54, 1.807) is 24.3 Å². The van der Waals surface area contributed by atoms with Gasteiger partial charge in [-0.15, -0.1) is 5.54 Å². The second-order valence-electron chi connectivity index (χ2n) is 6.92. The highest BCUT2D eigenvalue weighted by atomic mass is 35.5. The van der Waals surface area contributed by atoms with E-state index in [9.17, 15) is 4.39 Å². The van der Waals surface area contributed by atoms with Crippen LogP contribution >= 0.6 is 11.6 Å². The summed E-state index contributed by atoms with van der Waals surface area (Å²) < 4.78 is 20.4. The maximum Gasteiger partial charge on any atom is 0.181 e. The van der Waals surface area contributed by atoms with Gasteiger partial charge >= 0.3 is 0 Å². The zero-order valence-electron chi connectivity index (χ0n) is 15.0. The Morgan fingerprint density at radius 3 is 2.36 bits per heavy atom. The van der Waals surface area contributed by atoms with Gasteiger partial charge in [-0.05, 0) is 36.8 Å². The molecular formula is C20H23ClFNOSi. The predicted molar refractivity (Wildman–Crippen MR) is 105 cm³/mol. The van der Waals surface area contributed by atoms with Crippen molar-refractivity contribution in [3.63, 3.8) is 0 Å². The number of hydrogen-bond donors (Lipinski definition) is 1. The molecule has 0 aromatic heterocycles. The molecule has 0 saturated heterocycles. The first kappa shape index (κ1) is 19.5. The fraction of sp³-hybridized carbons (Fsp3) is 0.300. The summed E-state index contributed by atoms with van der Waals surface area (Å²) in [7, 11) is -1.42. The lowest BCUT2D eigenvalue weighted by Crippen LogP contribution is -2.16. The SMILES string of the molecule is CCC(N)c1ccc(Cl)c(Oc2ccc(C#C[Si](C)(C)C)cc2)c1F. The van der Waals surface area contributed by atoms with Gasteiger partial charge in [0.2, 0.25) is 0 Å². The summed E-state index contributed by atoms with van der Waals surface area (Å²) in [6.45, 7) is 8.47. The Bertz CT molecular complexity index is 803. The van der Waals surface area contributed by atoms with E-state index in [2.05, 4.69) is 31.1 Å². The minimum atomic E-state index is -1.42. The van der Waals surface area contributed by atoms with Crippen LogP contribution in [0.5, 0.6) is 11.5 Å². The van der Waals surface area contributed by atoms with Gasteiger partial charge in [-0.3, -0.25) is 0 Å². The summed E-state index contributed by atoms with van der Waals surface area (Å²) in [5.74, 6) is 3.16. The Morgan fingerprint density at radius 1 is 1.16 bits per heavy atom. The Hall–Kier alpha value is -1.80. The van der Waals surface area contributed by atoms with Gasteiger partial charge < -0.3 is 10.5 Å². The van der Waals surface area contributed by atoms with E-state index < -0.39 is 13.9 Å². The zero-order chi connectivity index (χ0) is 18.6. The molecule has 2 rings (SSSR count). The molecule has 2 nitrogen and oxygen atoms in total. The lowest BCUT2D eigenvalue weighted by atomic mass is 10.0. The van der Waals surface area contributed by atoms with E-state index in [0.29, 0.717) is 17.7 Å². The average Bonchev–Trinajstić information content (AvgIpc) is 2.56. The molecule has 2 aromatic carbocycles. The highest BCUT2D eigenvalue weighted by Gasteiger charge is 2.18. The van der Waals surface area contributed by atoms with Gasteiger partial charge in [-0.2, -0.15) is 0 Å². The molecule has 0 heterocycles. The molecule has 0 aliphatic carbocycles. The van der Waals surface area contributed by atoms with Gasteiger partial charge in [0, 0.05) is 17.2 Å². The normalized spacial score (nSPS) is 12.3. The average molecular weight is 376 g/mol. The number of benzene rings is 2. The molecule has 0 aliphatic rings. The molecule has 2 aromatic rings. The summed E-state index contributed by atoms with van der Waals surface area (Å²) in [5, 5.41) is 0.215. The van der Waals surface area contributed by atoms with Crippen molar-refractivity contribution in [3.8, 4) is 23.0 Å². The van der Waals surface area contributed by atoms with Gasteiger partial charge in [-0.25, -0.2) is 4.39 Å². The van der Waals surface area contributed by atoms with Crippen LogP contribution in [0.25, 0.3) is 0 Å². The number of ether oxygens (including phenoxy) is 1. The van der Waals surface area contributed by atoms with E-state index in [1.165, 1.54) is 0 Å². The van der Waals surface area contributed by atoms with Gasteiger partial charge in [0.05, 0.1) is 5.02 Å². The first-order valence-corrected chi connectivity index (χ1v) is 12.1. The Balaban J connectivity index is 2.26. The molecule has 5 heteroatoms. The quantitative estimate of drug-likeness (QED) is 0.532. The van der Waals surface area contributed by atoms with Crippen LogP contribution in [0, 0.1) is 17.3 Å². The Kier molecular flexibility index (Phi) is 6.29. The van der Waals surface area contributed by atoms with Crippen molar-refractivity contribution in [2.45, 2.75) is 39.0 Å². The highest BCUT2D eigenvalue weighted by Crippen LogP contribution is 2.36. The van der Waals surface area contributed by atoms with Gasteiger partial charge in [0.1, 0.15) is 13.8 Å². The fourth-order valence-corrected chi connectivity index (χ4v) is 2.84. The van der Waals surface area contributed by atoms with Crippen LogP contribution in [0.1, 0.15) is 30.5 Å². The maximum absolute atomic E-state index is 14.7. The number of rotatable bonds is 4. The zero-order valence-corrected chi connectivity index (χ0v) is 16.7. The largest absolute Gasteiger partial charge is 0.453 e. The molecule has 0 radical (unpaired) electrons. The van der Waals surface area contributed by atoms with Crippen molar-refractivity contribution < 1.29 is 9.13 Å². The van der Waals surface area contributed by atoms with Crippen molar-refractivity contribution in [1.82, 2.24) is 0 Å². The van der Waals surface area contributed by atoms with Crippen molar-refractivity contribution in [2.24, 2.45) is 5.73 Å². The number of nitrogens with two attached hydrogens (primary N) is 1. The molecule has 0 bridgehead atoms. The summed E-state index contributed by atoms with van der Waals surface area (Å²) >= 11 is 6.11. The Morgan fingerprint density at radius 2 is 1.80 bits per heavy atom. The van der Waals surface area contributed by atoms with E-state index in [0.717, 1.165) is 5.56 Å². The Labute approximate surface area is 155 Å².